The van der Waals surface area contributed by atoms with Crippen molar-refractivity contribution in [2.24, 2.45) is 0 Å². The fraction of sp³-hybridized carbons (Fsp3) is 0.222. The number of phenols is 1. The molecule has 1 atom stereocenters. The van der Waals surface area contributed by atoms with E-state index in [0.29, 0.717) is 5.56 Å². The van der Waals surface area contributed by atoms with Crippen LogP contribution in [0.2, 0.25) is 0 Å². The lowest BCUT2D eigenvalue weighted by atomic mass is 9.98. The van der Waals surface area contributed by atoms with Crippen LogP contribution >= 0.6 is 0 Å². The second-order valence-electron chi connectivity index (χ2n) is 8.48. The van der Waals surface area contributed by atoms with Gasteiger partial charge in [0, 0.05) is 19.5 Å². The second-order valence-corrected chi connectivity index (χ2v) is 8.48. The number of benzene rings is 3. The first-order valence-electron chi connectivity index (χ1n) is 11.2. The Hall–Kier alpha value is -4.33. The standard InChI is InChI=1S/C27H26N2O6/c1-29(15-17-7-6-8-18(30)13-17)26(33)24(14-25(31)32)28-27(34)35-16-23-21-11-4-2-9-19(21)20-10-3-5-12-22(20)23/h2-13,23-24,30H,14-16H2,1H3,(H,28,34)(H,31,32). The van der Waals surface area contributed by atoms with Gasteiger partial charge in [-0.25, -0.2) is 4.79 Å². The highest BCUT2D eigenvalue weighted by molar-refractivity contribution is 5.89. The fourth-order valence-electron chi connectivity index (χ4n) is 4.43. The zero-order chi connectivity index (χ0) is 24.9. The van der Waals surface area contributed by atoms with Crippen molar-refractivity contribution < 1.29 is 29.3 Å². The molecular formula is C27H26N2O6. The summed E-state index contributed by atoms with van der Waals surface area (Å²) in [5, 5.41) is 21.3. The zero-order valence-corrected chi connectivity index (χ0v) is 19.2. The van der Waals surface area contributed by atoms with E-state index in [4.69, 9.17) is 4.74 Å². The number of hydrogen-bond donors (Lipinski definition) is 3. The van der Waals surface area contributed by atoms with E-state index < -0.39 is 30.4 Å². The topological polar surface area (TPSA) is 116 Å². The van der Waals surface area contributed by atoms with Gasteiger partial charge in [0.15, 0.2) is 0 Å². The van der Waals surface area contributed by atoms with Gasteiger partial charge in [0.05, 0.1) is 6.42 Å². The molecule has 3 aromatic carbocycles. The van der Waals surface area contributed by atoms with Crippen molar-refractivity contribution in [2.75, 3.05) is 13.7 Å². The molecule has 0 saturated heterocycles. The van der Waals surface area contributed by atoms with Gasteiger partial charge in [-0.05, 0) is 39.9 Å². The number of aliphatic carboxylic acids is 1. The zero-order valence-electron chi connectivity index (χ0n) is 19.2. The number of hydrogen-bond acceptors (Lipinski definition) is 5. The van der Waals surface area contributed by atoms with E-state index >= 15 is 0 Å². The number of nitrogens with one attached hydrogen (secondary N) is 1. The molecule has 8 nitrogen and oxygen atoms in total. The summed E-state index contributed by atoms with van der Waals surface area (Å²) in [5.41, 5.74) is 4.93. The number of likely N-dealkylation sites (N-methyl/N-ethyl adjacent to an activating group) is 1. The third-order valence-corrected chi connectivity index (χ3v) is 6.02. The van der Waals surface area contributed by atoms with E-state index in [-0.39, 0.29) is 24.8 Å². The number of rotatable bonds is 8. The smallest absolute Gasteiger partial charge is 0.407 e. The Labute approximate surface area is 202 Å². The van der Waals surface area contributed by atoms with Crippen LogP contribution in [0.15, 0.2) is 72.8 Å². The Kier molecular flexibility index (Phi) is 7.01. The Morgan fingerprint density at radius 2 is 1.60 bits per heavy atom. The van der Waals surface area contributed by atoms with Crippen molar-refractivity contribution >= 4 is 18.0 Å². The fourth-order valence-corrected chi connectivity index (χ4v) is 4.43. The van der Waals surface area contributed by atoms with Crippen molar-refractivity contribution in [3.8, 4) is 16.9 Å². The molecule has 1 unspecified atom stereocenters. The average Bonchev–Trinajstić information content (AvgIpc) is 3.15. The van der Waals surface area contributed by atoms with Gasteiger partial charge in [-0.15, -0.1) is 0 Å². The maximum Gasteiger partial charge on any atom is 0.407 e. The van der Waals surface area contributed by atoms with Crippen LogP contribution in [-0.4, -0.2) is 52.8 Å². The number of alkyl carbamates (subject to hydrolysis) is 1. The molecule has 180 valence electrons. The molecule has 8 heteroatoms. The van der Waals surface area contributed by atoms with E-state index in [1.807, 2.05) is 48.5 Å². The molecule has 35 heavy (non-hydrogen) atoms. The van der Waals surface area contributed by atoms with E-state index in [1.165, 1.54) is 24.1 Å². The molecule has 2 amide bonds. The molecule has 0 aromatic heterocycles. The quantitative estimate of drug-likeness (QED) is 0.458. The summed E-state index contributed by atoms with van der Waals surface area (Å²) in [6.45, 7) is 0.183. The Balaban J connectivity index is 1.42. The van der Waals surface area contributed by atoms with Gasteiger partial charge in [-0.2, -0.15) is 0 Å². The summed E-state index contributed by atoms with van der Waals surface area (Å²) >= 11 is 0. The minimum Gasteiger partial charge on any atom is -0.508 e. The van der Waals surface area contributed by atoms with Gasteiger partial charge in [-0.3, -0.25) is 9.59 Å². The van der Waals surface area contributed by atoms with Crippen molar-refractivity contribution in [2.45, 2.75) is 24.9 Å². The lowest BCUT2D eigenvalue weighted by Crippen LogP contribution is -2.48. The van der Waals surface area contributed by atoms with Gasteiger partial charge in [0.2, 0.25) is 5.91 Å². The maximum atomic E-state index is 12.9. The third kappa shape index (κ3) is 5.43. The van der Waals surface area contributed by atoms with Gasteiger partial charge in [0.25, 0.3) is 0 Å². The van der Waals surface area contributed by atoms with Crippen LogP contribution in [0.3, 0.4) is 0 Å². The number of fused-ring (bicyclic) bond motifs is 3. The number of carbonyl (C=O) groups excluding carboxylic acids is 2. The van der Waals surface area contributed by atoms with Crippen molar-refractivity contribution in [1.82, 2.24) is 10.2 Å². The molecule has 0 radical (unpaired) electrons. The van der Waals surface area contributed by atoms with Crippen LogP contribution in [0.5, 0.6) is 5.75 Å². The Morgan fingerprint density at radius 1 is 0.971 bits per heavy atom. The number of aromatic hydroxyl groups is 1. The van der Waals surface area contributed by atoms with Crippen LogP contribution in [-0.2, 0) is 20.9 Å². The summed E-state index contributed by atoms with van der Waals surface area (Å²) in [6.07, 6.45) is -1.45. The number of ether oxygens (including phenoxy) is 1. The third-order valence-electron chi connectivity index (χ3n) is 6.02. The van der Waals surface area contributed by atoms with E-state index in [2.05, 4.69) is 5.32 Å². The molecule has 0 fully saturated rings. The van der Waals surface area contributed by atoms with Gasteiger partial charge < -0.3 is 25.2 Å². The number of amides is 2. The van der Waals surface area contributed by atoms with E-state index in [1.54, 1.807) is 12.1 Å². The molecule has 3 N–H and O–H groups in total. The average molecular weight is 475 g/mol. The minimum absolute atomic E-state index is 0.0486. The SMILES string of the molecule is CN(Cc1cccc(O)c1)C(=O)C(CC(=O)O)NC(=O)OCC1c2ccccc2-c2ccccc21. The first-order valence-corrected chi connectivity index (χ1v) is 11.2. The molecule has 0 heterocycles. The molecule has 0 bridgehead atoms. The predicted octanol–water partition coefficient (Wildman–Crippen LogP) is 3.73. The molecule has 4 rings (SSSR count). The summed E-state index contributed by atoms with van der Waals surface area (Å²) in [4.78, 5) is 38.2. The summed E-state index contributed by atoms with van der Waals surface area (Å²) in [7, 11) is 1.50. The van der Waals surface area contributed by atoms with Gasteiger partial charge >= 0.3 is 12.1 Å². The predicted molar refractivity (Wildman–Crippen MR) is 129 cm³/mol. The minimum atomic E-state index is -1.30. The second kappa shape index (κ2) is 10.3. The van der Waals surface area contributed by atoms with Crippen molar-refractivity contribution in [3.63, 3.8) is 0 Å². The molecule has 1 aliphatic rings. The Bertz CT molecular complexity index is 1210. The molecule has 3 aromatic rings. The highest BCUT2D eigenvalue weighted by Gasteiger charge is 2.31. The molecule has 0 spiro atoms. The number of nitrogens with zero attached hydrogens (tertiary/aromatic N) is 1. The lowest BCUT2D eigenvalue weighted by Gasteiger charge is -2.24. The molecule has 1 aliphatic carbocycles. The van der Waals surface area contributed by atoms with Crippen LogP contribution in [0.4, 0.5) is 4.79 Å². The largest absolute Gasteiger partial charge is 0.508 e. The first-order chi connectivity index (χ1) is 16.8. The van der Waals surface area contributed by atoms with Gasteiger partial charge in [0.1, 0.15) is 18.4 Å². The van der Waals surface area contributed by atoms with Gasteiger partial charge in [-0.1, -0.05) is 60.7 Å². The summed E-state index contributed by atoms with van der Waals surface area (Å²) in [6, 6.07) is 20.9. The highest BCUT2D eigenvalue weighted by atomic mass is 16.5. The maximum absolute atomic E-state index is 12.9. The lowest BCUT2D eigenvalue weighted by molar-refractivity contribution is -0.142. The highest BCUT2D eigenvalue weighted by Crippen LogP contribution is 2.44. The number of phenolic OH excluding ortho intramolecular Hbond substituents is 1. The van der Waals surface area contributed by atoms with Crippen LogP contribution in [0.25, 0.3) is 11.1 Å². The van der Waals surface area contributed by atoms with Crippen LogP contribution in [0, 0.1) is 0 Å². The van der Waals surface area contributed by atoms with E-state index in [9.17, 15) is 24.6 Å². The number of carbonyl (C=O) groups is 3. The van der Waals surface area contributed by atoms with Crippen molar-refractivity contribution in [3.05, 3.63) is 89.5 Å². The summed E-state index contributed by atoms with van der Waals surface area (Å²) in [5.74, 6) is -1.91. The molecule has 0 aliphatic heterocycles. The monoisotopic (exact) mass is 474 g/mol. The first kappa shape index (κ1) is 23.8. The molecular weight excluding hydrogens is 448 g/mol. The van der Waals surface area contributed by atoms with E-state index in [0.717, 1.165) is 22.3 Å². The van der Waals surface area contributed by atoms with Crippen molar-refractivity contribution in [1.29, 1.82) is 0 Å². The Morgan fingerprint density at radius 3 is 2.20 bits per heavy atom. The normalized spacial score (nSPS) is 12.8. The summed E-state index contributed by atoms with van der Waals surface area (Å²) < 4.78 is 5.47. The van der Waals surface area contributed by atoms with Crippen LogP contribution < -0.4 is 5.32 Å². The molecule has 0 saturated carbocycles. The number of carboxylic acids is 1. The number of carboxylic acid groups (broad SMARTS) is 1. The van der Waals surface area contributed by atoms with Crippen LogP contribution in [0.1, 0.15) is 29.0 Å².